The van der Waals surface area contributed by atoms with E-state index in [1.807, 2.05) is 26.0 Å². The van der Waals surface area contributed by atoms with Gasteiger partial charge in [-0.3, -0.25) is 4.79 Å². The molecule has 1 N–H and O–H groups in total. The van der Waals surface area contributed by atoms with Crippen LogP contribution in [-0.2, 0) is 14.3 Å². The molecule has 0 fully saturated rings. The van der Waals surface area contributed by atoms with Crippen molar-refractivity contribution in [2.75, 3.05) is 19.0 Å². The Morgan fingerprint density at radius 1 is 1.11 bits per heavy atom. The van der Waals surface area contributed by atoms with Crippen molar-refractivity contribution in [3.8, 4) is 11.5 Å². The van der Waals surface area contributed by atoms with Crippen molar-refractivity contribution in [3.63, 3.8) is 0 Å². The van der Waals surface area contributed by atoms with Crippen LogP contribution < -0.4 is 14.8 Å². The van der Waals surface area contributed by atoms with Crippen LogP contribution in [0.2, 0.25) is 0 Å². The number of anilines is 1. The summed E-state index contributed by atoms with van der Waals surface area (Å²) in [5, 5.41) is 2.71. The Bertz CT molecular complexity index is 843. The van der Waals surface area contributed by atoms with Crippen LogP contribution in [0.25, 0.3) is 6.08 Å². The van der Waals surface area contributed by atoms with Crippen molar-refractivity contribution in [3.05, 3.63) is 59.7 Å². The third-order valence-electron chi connectivity index (χ3n) is 3.88. The van der Waals surface area contributed by atoms with Crippen LogP contribution in [0.3, 0.4) is 0 Å². The Labute approximate surface area is 165 Å². The minimum Gasteiger partial charge on any atom is -0.493 e. The monoisotopic (exact) mass is 383 g/mol. The number of carbonyl (C=O) groups is 2. The maximum atomic E-state index is 12.1. The van der Waals surface area contributed by atoms with Crippen LogP contribution in [0.5, 0.6) is 11.5 Å². The van der Waals surface area contributed by atoms with Gasteiger partial charge in [0.15, 0.2) is 17.6 Å². The third-order valence-corrected chi connectivity index (χ3v) is 3.88. The van der Waals surface area contributed by atoms with Crippen LogP contribution >= 0.6 is 0 Å². The van der Waals surface area contributed by atoms with Gasteiger partial charge in [-0.15, -0.1) is 0 Å². The second kappa shape index (κ2) is 10.2. The summed E-state index contributed by atoms with van der Waals surface area (Å²) >= 11 is 0. The first-order valence-corrected chi connectivity index (χ1v) is 9.00. The van der Waals surface area contributed by atoms with Crippen LogP contribution in [0, 0.1) is 6.92 Å². The number of ether oxygens (including phenoxy) is 3. The SMILES string of the molecule is CCOc1ccc(/C=C/C(=O)O[C@H](C)C(=O)Nc2ccc(C)cc2)cc1OC. The number of hydrogen-bond acceptors (Lipinski definition) is 5. The van der Waals surface area contributed by atoms with Crippen molar-refractivity contribution >= 4 is 23.6 Å². The molecule has 0 saturated carbocycles. The highest BCUT2D eigenvalue weighted by molar-refractivity contribution is 5.96. The van der Waals surface area contributed by atoms with Gasteiger partial charge in [-0.1, -0.05) is 23.8 Å². The molecule has 0 unspecified atom stereocenters. The topological polar surface area (TPSA) is 73.9 Å². The molecule has 1 amide bonds. The van der Waals surface area contributed by atoms with Crippen LogP contribution in [0.1, 0.15) is 25.0 Å². The molecule has 2 aromatic carbocycles. The van der Waals surface area contributed by atoms with E-state index in [9.17, 15) is 9.59 Å². The number of aryl methyl sites for hydroxylation is 1. The van der Waals surface area contributed by atoms with Crippen molar-refractivity contribution in [2.45, 2.75) is 26.9 Å². The quantitative estimate of drug-likeness (QED) is 0.551. The van der Waals surface area contributed by atoms with Crippen molar-refractivity contribution in [2.24, 2.45) is 0 Å². The van der Waals surface area contributed by atoms with Crippen LogP contribution in [-0.4, -0.2) is 31.7 Å². The largest absolute Gasteiger partial charge is 0.493 e. The normalized spacial score (nSPS) is 11.7. The molecule has 0 spiro atoms. The average Bonchev–Trinajstić information content (AvgIpc) is 2.69. The van der Waals surface area contributed by atoms with Gasteiger partial charge in [0.1, 0.15) is 0 Å². The molecule has 0 aromatic heterocycles. The lowest BCUT2D eigenvalue weighted by Gasteiger charge is -2.12. The maximum Gasteiger partial charge on any atom is 0.331 e. The second-order valence-corrected chi connectivity index (χ2v) is 6.11. The van der Waals surface area contributed by atoms with E-state index < -0.39 is 18.0 Å². The molecular weight excluding hydrogens is 358 g/mol. The lowest BCUT2D eigenvalue weighted by molar-refractivity contribution is -0.148. The van der Waals surface area contributed by atoms with Gasteiger partial charge < -0.3 is 19.5 Å². The number of rotatable bonds is 8. The van der Waals surface area contributed by atoms with E-state index in [1.165, 1.54) is 13.0 Å². The fraction of sp³-hybridized carbons (Fsp3) is 0.273. The molecule has 0 aliphatic heterocycles. The van der Waals surface area contributed by atoms with Gasteiger partial charge in [0.2, 0.25) is 0 Å². The summed E-state index contributed by atoms with van der Waals surface area (Å²) < 4.78 is 15.9. The predicted molar refractivity (Wildman–Crippen MR) is 109 cm³/mol. The van der Waals surface area contributed by atoms with Crippen LogP contribution in [0.15, 0.2) is 48.5 Å². The van der Waals surface area contributed by atoms with Gasteiger partial charge in [-0.05, 0) is 56.7 Å². The van der Waals surface area contributed by atoms with E-state index in [0.717, 1.165) is 11.1 Å². The zero-order valence-electron chi connectivity index (χ0n) is 16.5. The summed E-state index contributed by atoms with van der Waals surface area (Å²) in [6.45, 7) is 5.90. The highest BCUT2D eigenvalue weighted by Crippen LogP contribution is 2.28. The number of esters is 1. The number of hydrogen-bond donors (Lipinski definition) is 1. The maximum absolute atomic E-state index is 12.1. The van der Waals surface area contributed by atoms with Crippen molar-refractivity contribution in [1.82, 2.24) is 0 Å². The van der Waals surface area contributed by atoms with E-state index >= 15 is 0 Å². The fourth-order valence-electron chi connectivity index (χ4n) is 2.37. The first-order chi connectivity index (χ1) is 13.4. The smallest absolute Gasteiger partial charge is 0.331 e. The highest BCUT2D eigenvalue weighted by atomic mass is 16.5. The van der Waals surface area contributed by atoms with Gasteiger partial charge in [-0.25, -0.2) is 4.79 Å². The summed E-state index contributed by atoms with van der Waals surface area (Å²) in [5.74, 6) is 0.196. The molecule has 0 aliphatic rings. The molecule has 6 heteroatoms. The van der Waals surface area contributed by atoms with Crippen molar-refractivity contribution < 1.29 is 23.8 Å². The highest BCUT2D eigenvalue weighted by Gasteiger charge is 2.16. The molecule has 0 aliphatic carbocycles. The minimum atomic E-state index is -0.923. The van der Waals surface area contributed by atoms with Crippen molar-refractivity contribution in [1.29, 1.82) is 0 Å². The van der Waals surface area contributed by atoms with E-state index in [-0.39, 0.29) is 0 Å². The molecule has 0 heterocycles. The summed E-state index contributed by atoms with van der Waals surface area (Å²) in [6.07, 6.45) is 1.93. The summed E-state index contributed by atoms with van der Waals surface area (Å²) in [7, 11) is 1.55. The average molecular weight is 383 g/mol. The first kappa shape index (κ1) is 21.0. The van der Waals surface area contributed by atoms with E-state index in [2.05, 4.69) is 5.32 Å². The summed E-state index contributed by atoms with van der Waals surface area (Å²) in [4.78, 5) is 24.2. The Morgan fingerprint density at radius 3 is 2.46 bits per heavy atom. The fourth-order valence-corrected chi connectivity index (χ4v) is 2.37. The zero-order valence-corrected chi connectivity index (χ0v) is 16.5. The predicted octanol–water partition coefficient (Wildman–Crippen LogP) is 3.99. The Hall–Kier alpha value is -3.28. The molecule has 28 heavy (non-hydrogen) atoms. The second-order valence-electron chi connectivity index (χ2n) is 6.11. The lowest BCUT2D eigenvalue weighted by atomic mass is 10.2. The number of nitrogens with one attached hydrogen (secondary N) is 1. The van der Waals surface area contributed by atoms with Gasteiger partial charge in [0.05, 0.1) is 13.7 Å². The molecule has 6 nitrogen and oxygen atoms in total. The van der Waals surface area contributed by atoms with Gasteiger partial charge in [0.25, 0.3) is 5.91 Å². The molecule has 0 saturated heterocycles. The Kier molecular flexibility index (Phi) is 7.63. The molecule has 0 radical (unpaired) electrons. The standard InChI is InChI=1S/C22H25NO5/c1-5-27-19-12-8-17(14-20(19)26-4)9-13-21(24)28-16(3)22(25)23-18-10-6-15(2)7-11-18/h6-14,16H,5H2,1-4H3,(H,23,25)/b13-9+/t16-/m1/s1. The first-order valence-electron chi connectivity index (χ1n) is 9.00. The molecular formula is C22H25NO5. The number of amides is 1. The molecule has 0 bridgehead atoms. The molecule has 2 rings (SSSR count). The van der Waals surface area contributed by atoms with Gasteiger partial charge in [0, 0.05) is 11.8 Å². The van der Waals surface area contributed by atoms with E-state index in [4.69, 9.17) is 14.2 Å². The van der Waals surface area contributed by atoms with E-state index in [1.54, 1.807) is 43.5 Å². The molecule has 1 atom stereocenters. The summed E-state index contributed by atoms with van der Waals surface area (Å²) in [5.41, 5.74) is 2.48. The number of carbonyl (C=O) groups excluding carboxylic acids is 2. The Balaban J connectivity index is 1.93. The third kappa shape index (κ3) is 6.16. The summed E-state index contributed by atoms with van der Waals surface area (Å²) in [6, 6.07) is 12.7. The van der Waals surface area contributed by atoms with Gasteiger partial charge >= 0.3 is 5.97 Å². The van der Waals surface area contributed by atoms with Gasteiger partial charge in [-0.2, -0.15) is 0 Å². The number of benzene rings is 2. The Morgan fingerprint density at radius 2 is 1.82 bits per heavy atom. The molecule has 148 valence electrons. The lowest BCUT2D eigenvalue weighted by Crippen LogP contribution is -2.29. The minimum absolute atomic E-state index is 0.395. The molecule has 2 aromatic rings. The number of methoxy groups -OCH3 is 1. The zero-order chi connectivity index (χ0) is 20.5. The van der Waals surface area contributed by atoms with Crippen LogP contribution in [0.4, 0.5) is 5.69 Å². The van der Waals surface area contributed by atoms with E-state index in [0.29, 0.717) is 23.8 Å².